The van der Waals surface area contributed by atoms with E-state index >= 15 is 0 Å². The lowest BCUT2D eigenvalue weighted by molar-refractivity contribution is 0.122. The fraction of sp³-hybridized carbons (Fsp3) is 0.609. The Hall–Kier alpha value is -0.830. The summed E-state index contributed by atoms with van der Waals surface area (Å²) in [6, 6.07) is 9.20. The van der Waals surface area contributed by atoms with Gasteiger partial charge >= 0.3 is 0 Å². The Morgan fingerprint density at radius 2 is 2.03 bits per heavy atom. The van der Waals surface area contributed by atoms with Crippen molar-refractivity contribution in [3.8, 4) is 0 Å². The molecule has 2 atom stereocenters. The summed E-state index contributed by atoms with van der Waals surface area (Å²) in [5, 5.41) is 8.06. The van der Waals surface area contributed by atoms with E-state index in [-0.39, 0.29) is 24.0 Å². The van der Waals surface area contributed by atoms with Crippen LogP contribution in [0.3, 0.4) is 0 Å². The summed E-state index contributed by atoms with van der Waals surface area (Å²) in [5.74, 6) is 1.45. The lowest BCUT2D eigenvalue weighted by atomic mass is 9.85. The number of rotatable bonds is 6. The fourth-order valence-electron chi connectivity index (χ4n) is 4.75. The van der Waals surface area contributed by atoms with Crippen molar-refractivity contribution >= 4 is 41.5 Å². The molecule has 0 radical (unpaired) electrons. The smallest absolute Gasteiger partial charge is 0.191 e. The van der Waals surface area contributed by atoms with Gasteiger partial charge in [0.1, 0.15) is 0 Å². The van der Waals surface area contributed by atoms with Crippen LogP contribution in [0.4, 0.5) is 0 Å². The van der Waals surface area contributed by atoms with Crippen molar-refractivity contribution < 1.29 is 0 Å². The van der Waals surface area contributed by atoms with E-state index in [0.29, 0.717) is 18.0 Å². The number of nitrogens with zero attached hydrogens (tertiary/aromatic N) is 3. The Bertz CT molecular complexity index is 690. The van der Waals surface area contributed by atoms with Gasteiger partial charge in [0.25, 0.3) is 0 Å². The minimum absolute atomic E-state index is 0. The topological polar surface area (TPSA) is 42.9 Å². The molecule has 0 saturated carbocycles. The van der Waals surface area contributed by atoms with Crippen LogP contribution in [0.2, 0.25) is 5.02 Å². The molecule has 0 aromatic heterocycles. The minimum atomic E-state index is 0. The normalized spacial score (nSPS) is 24.2. The van der Waals surface area contributed by atoms with E-state index in [1.807, 2.05) is 19.2 Å². The fourth-order valence-corrected chi connectivity index (χ4v) is 4.95. The summed E-state index contributed by atoms with van der Waals surface area (Å²) in [5.41, 5.74) is 1.31. The molecule has 7 heteroatoms. The molecule has 2 heterocycles. The second kappa shape index (κ2) is 12.9. The molecule has 2 unspecified atom stereocenters. The molecule has 2 saturated heterocycles. The van der Waals surface area contributed by atoms with Crippen LogP contribution in [-0.4, -0.2) is 68.6 Å². The van der Waals surface area contributed by atoms with Crippen LogP contribution in [0.1, 0.15) is 37.3 Å². The van der Waals surface area contributed by atoms with Gasteiger partial charge in [-0.05, 0) is 62.9 Å². The zero-order valence-corrected chi connectivity index (χ0v) is 21.4. The summed E-state index contributed by atoms with van der Waals surface area (Å²) in [4.78, 5) is 9.40. The summed E-state index contributed by atoms with van der Waals surface area (Å²) >= 11 is 6.28. The first-order chi connectivity index (χ1) is 14.1. The predicted molar refractivity (Wildman–Crippen MR) is 139 cm³/mol. The van der Waals surface area contributed by atoms with Crippen molar-refractivity contribution in [3.63, 3.8) is 0 Å². The van der Waals surface area contributed by atoms with Crippen molar-refractivity contribution in [2.75, 3.05) is 46.8 Å². The average molecular weight is 546 g/mol. The molecule has 1 aromatic carbocycles. The molecule has 2 aliphatic heterocycles. The van der Waals surface area contributed by atoms with Crippen molar-refractivity contribution in [1.82, 2.24) is 20.4 Å². The number of aliphatic imine (C=N–C) groups is 1. The number of halogens is 2. The van der Waals surface area contributed by atoms with Gasteiger partial charge in [-0.3, -0.25) is 14.8 Å². The van der Waals surface area contributed by atoms with Crippen molar-refractivity contribution in [3.05, 3.63) is 47.5 Å². The Labute approximate surface area is 204 Å². The summed E-state index contributed by atoms with van der Waals surface area (Å²) < 4.78 is 0. The molecule has 2 N–H and O–H groups in total. The highest BCUT2D eigenvalue weighted by atomic mass is 127. The zero-order chi connectivity index (χ0) is 20.6. The second-order valence-corrected chi connectivity index (χ2v) is 8.78. The lowest BCUT2D eigenvalue weighted by Crippen LogP contribution is -2.50. The SMILES string of the molecule is C=CCN1CCC(NC(=NC)NCC2CCCN(C)C2c2cccc(Cl)c2)CC1.I. The van der Waals surface area contributed by atoms with Gasteiger partial charge in [-0.25, -0.2) is 0 Å². The highest BCUT2D eigenvalue weighted by molar-refractivity contribution is 14.0. The van der Waals surface area contributed by atoms with E-state index in [4.69, 9.17) is 11.6 Å². The molecular weight excluding hydrogens is 509 g/mol. The van der Waals surface area contributed by atoms with Gasteiger partial charge in [0, 0.05) is 50.3 Å². The number of nitrogens with one attached hydrogen (secondary N) is 2. The lowest BCUT2D eigenvalue weighted by Gasteiger charge is -2.40. The van der Waals surface area contributed by atoms with E-state index in [1.54, 1.807) is 0 Å². The van der Waals surface area contributed by atoms with Crippen molar-refractivity contribution in [2.24, 2.45) is 10.9 Å². The van der Waals surface area contributed by atoms with Gasteiger partial charge in [-0.15, -0.1) is 30.6 Å². The molecular formula is C23H37ClIN5. The monoisotopic (exact) mass is 545 g/mol. The van der Waals surface area contributed by atoms with Crippen LogP contribution < -0.4 is 10.6 Å². The summed E-state index contributed by atoms with van der Waals surface area (Å²) in [6.07, 6.45) is 6.72. The number of hydrogen-bond acceptors (Lipinski definition) is 3. The Morgan fingerprint density at radius 3 is 2.70 bits per heavy atom. The van der Waals surface area contributed by atoms with Crippen LogP contribution >= 0.6 is 35.6 Å². The standard InChI is InChI=1S/C23H36ClN5.HI/c1-4-12-29-14-10-21(11-15-29)27-23(25-2)26-17-19-8-6-13-28(3)22(19)18-7-5-9-20(24)16-18;/h4-5,7,9,16,19,21-22H,1,6,8,10-15,17H2,2-3H3,(H2,25,26,27);1H. The maximum Gasteiger partial charge on any atom is 0.191 e. The van der Waals surface area contributed by atoms with Gasteiger partial charge in [0.2, 0.25) is 0 Å². The average Bonchev–Trinajstić information content (AvgIpc) is 2.72. The van der Waals surface area contributed by atoms with E-state index in [0.717, 1.165) is 56.5 Å². The Balaban J connectivity index is 0.00000320. The second-order valence-electron chi connectivity index (χ2n) is 8.34. The first kappa shape index (κ1) is 25.4. The van der Waals surface area contributed by atoms with Crippen molar-refractivity contribution in [1.29, 1.82) is 0 Å². The molecule has 5 nitrogen and oxygen atoms in total. The highest BCUT2D eigenvalue weighted by Crippen LogP contribution is 2.35. The van der Waals surface area contributed by atoms with Crippen molar-refractivity contribution in [2.45, 2.75) is 37.8 Å². The molecule has 2 fully saturated rings. The number of benzene rings is 1. The zero-order valence-electron chi connectivity index (χ0n) is 18.3. The minimum Gasteiger partial charge on any atom is -0.356 e. The van der Waals surface area contributed by atoms with E-state index in [1.165, 1.54) is 18.4 Å². The quantitative estimate of drug-likeness (QED) is 0.244. The third-order valence-electron chi connectivity index (χ3n) is 6.27. The molecule has 0 amide bonds. The molecule has 3 rings (SSSR count). The molecule has 0 bridgehead atoms. The summed E-state index contributed by atoms with van der Waals surface area (Å²) in [6.45, 7) is 9.11. The molecule has 2 aliphatic rings. The van der Waals surface area contributed by atoms with Crippen LogP contribution in [-0.2, 0) is 0 Å². The van der Waals surface area contributed by atoms with Gasteiger partial charge in [0.15, 0.2) is 5.96 Å². The number of hydrogen-bond donors (Lipinski definition) is 2. The Morgan fingerprint density at radius 1 is 1.27 bits per heavy atom. The van der Waals surface area contributed by atoms with Crippen LogP contribution in [0, 0.1) is 5.92 Å². The molecule has 1 aromatic rings. The number of piperidine rings is 2. The first-order valence-corrected chi connectivity index (χ1v) is 11.2. The molecule has 30 heavy (non-hydrogen) atoms. The number of likely N-dealkylation sites (tertiary alicyclic amines) is 2. The third kappa shape index (κ3) is 7.11. The molecule has 168 valence electrons. The molecule has 0 spiro atoms. The highest BCUT2D eigenvalue weighted by Gasteiger charge is 2.31. The van der Waals surface area contributed by atoms with E-state index < -0.39 is 0 Å². The maximum absolute atomic E-state index is 6.28. The van der Waals surface area contributed by atoms with Gasteiger partial charge in [-0.2, -0.15) is 0 Å². The van der Waals surface area contributed by atoms with Crippen LogP contribution in [0.15, 0.2) is 41.9 Å². The van der Waals surface area contributed by atoms with Gasteiger partial charge < -0.3 is 10.6 Å². The first-order valence-electron chi connectivity index (χ1n) is 10.9. The van der Waals surface area contributed by atoms with E-state index in [9.17, 15) is 0 Å². The summed E-state index contributed by atoms with van der Waals surface area (Å²) in [7, 11) is 4.09. The van der Waals surface area contributed by atoms with Crippen LogP contribution in [0.5, 0.6) is 0 Å². The van der Waals surface area contributed by atoms with E-state index in [2.05, 4.69) is 57.3 Å². The Kier molecular flexibility index (Phi) is 10.9. The number of guanidine groups is 1. The largest absolute Gasteiger partial charge is 0.356 e. The van der Waals surface area contributed by atoms with Crippen LogP contribution in [0.25, 0.3) is 0 Å². The predicted octanol–water partition coefficient (Wildman–Crippen LogP) is 4.16. The third-order valence-corrected chi connectivity index (χ3v) is 6.50. The van der Waals surface area contributed by atoms with Gasteiger partial charge in [0.05, 0.1) is 0 Å². The molecule has 0 aliphatic carbocycles. The van der Waals surface area contributed by atoms with Gasteiger partial charge in [-0.1, -0.05) is 29.8 Å². The maximum atomic E-state index is 6.28.